The molecule has 2 aliphatic rings. The van der Waals surface area contributed by atoms with Crippen LogP contribution < -0.4 is 0 Å². The normalized spacial score (nSPS) is 15.0. The minimum absolute atomic E-state index is 0.140. The number of allylic oxidation sites excluding steroid dienone is 1. The molecule has 2 heterocycles. The average molecular weight is 592 g/mol. The maximum absolute atomic E-state index is 6.42. The molecule has 6 aromatic carbocycles. The highest BCUT2D eigenvalue weighted by Gasteiger charge is 2.38. The first kappa shape index (κ1) is 25.9. The van der Waals surface area contributed by atoms with Crippen molar-refractivity contribution >= 4 is 49.3 Å². The summed E-state index contributed by atoms with van der Waals surface area (Å²) in [7, 11) is 0. The van der Waals surface area contributed by atoms with Gasteiger partial charge in [-0.25, -0.2) is 0 Å². The van der Waals surface area contributed by atoms with E-state index in [0.29, 0.717) is 0 Å². The number of hydrogen-bond donors (Lipinski definition) is 0. The summed E-state index contributed by atoms with van der Waals surface area (Å²) in [4.78, 5) is 0. The molecule has 2 aliphatic carbocycles. The van der Waals surface area contributed by atoms with Crippen molar-refractivity contribution in [3.8, 4) is 16.8 Å². The van der Waals surface area contributed by atoms with Crippen LogP contribution in [0, 0.1) is 0 Å². The van der Waals surface area contributed by atoms with Crippen molar-refractivity contribution in [1.29, 1.82) is 0 Å². The Bertz CT molecular complexity index is 2550. The summed E-state index contributed by atoms with van der Waals surface area (Å²) in [6.07, 6.45) is 3.66. The van der Waals surface area contributed by atoms with Gasteiger partial charge in [0, 0.05) is 32.6 Å². The molecule has 46 heavy (non-hydrogen) atoms. The molecule has 0 unspecified atom stereocenters. The van der Waals surface area contributed by atoms with Crippen molar-refractivity contribution < 1.29 is 4.42 Å². The zero-order valence-electron chi connectivity index (χ0n) is 26.1. The Morgan fingerprint density at radius 1 is 0.609 bits per heavy atom. The van der Waals surface area contributed by atoms with Gasteiger partial charge in [0.25, 0.3) is 0 Å². The summed E-state index contributed by atoms with van der Waals surface area (Å²) in [5, 5.41) is 4.80. The van der Waals surface area contributed by atoms with E-state index in [1.807, 2.05) is 6.07 Å². The Kier molecular flexibility index (Phi) is 5.27. The number of fused-ring (bicyclic) bond motifs is 10. The van der Waals surface area contributed by atoms with Crippen molar-refractivity contribution in [3.63, 3.8) is 0 Å². The van der Waals surface area contributed by atoms with E-state index in [1.165, 1.54) is 85.7 Å². The number of benzene rings is 6. The minimum atomic E-state index is -0.140. The lowest BCUT2D eigenvalue weighted by atomic mass is 9.81. The molecule has 0 spiro atoms. The average Bonchev–Trinajstić information content (AvgIpc) is 3.67. The zero-order valence-corrected chi connectivity index (χ0v) is 26.1. The number of aromatic nitrogens is 1. The first-order valence-electron chi connectivity index (χ1n) is 16.5. The molecule has 220 valence electrons. The second kappa shape index (κ2) is 9.34. The van der Waals surface area contributed by atoms with E-state index in [2.05, 4.69) is 140 Å². The lowest BCUT2D eigenvalue weighted by Gasteiger charge is -2.24. The molecule has 1 saturated carbocycles. The van der Waals surface area contributed by atoms with Gasteiger partial charge >= 0.3 is 0 Å². The first-order chi connectivity index (χ1) is 22.6. The SMILES string of the molecule is CC1(C)c2ccccc2-c2ccc3c4cc5oc6ccccc6c5cc4n(-c4ccc(C(=C5CCC5)c5ccccc5)cc4)c3c21. The molecule has 1 fully saturated rings. The van der Waals surface area contributed by atoms with Gasteiger partial charge in [0.1, 0.15) is 11.2 Å². The summed E-state index contributed by atoms with van der Waals surface area (Å²) in [6, 6.07) is 46.9. The van der Waals surface area contributed by atoms with E-state index in [9.17, 15) is 0 Å². The van der Waals surface area contributed by atoms with Crippen LogP contribution in [0.25, 0.3) is 66.1 Å². The van der Waals surface area contributed by atoms with Gasteiger partial charge in [0.05, 0.1) is 11.0 Å². The second-order valence-corrected chi connectivity index (χ2v) is 13.6. The highest BCUT2D eigenvalue weighted by Crippen LogP contribution is 2.53. The molecule has 0 N–H and O–H groups in total. The van der Waals surface area contributed by atoms with E-state index in [-0.39, 0.29) is 5.41 Å². The molecule has 8 aromatic rings. The third-order valence-corrected chi connectivity index (χ3v) is 10.7. The van der Waals surface area contributed by atoms with Crippen molar-refractivity contribution in [1.82, 2.24) is 4.57 Å². The highest BCUT2D eigenvalue weighted by molar-refractivity contribution is 6.18. The molecule has 0 bridgehead atoms. The fourth-order valence-corrected chi connectivity index (χ4v) is 8.41. The van der Waals surface area contributed by atoms with Crippen molar-refractivity contribution in [2.45, 2.75) is 38.5 Å². The second-order valence-electron chi connectivity index (χ2n) is 13.6. The fraction of sp³-hybridized carbons (Fsp3) is 0.136. The van der Waals surface area contributed by atoms with Gasteiger partial charge in [-0.1, -0.05) is 116 Å². The van der Waals surface area contributed by atoms with Gasteiger partial charge in [-0.2, -0.15) is 0 Å². The van der Waals surface area contributed by atoms with Gasteiger partial charge in [-0.05, 0) is 88.5 Å². The van der Waals surface area contributed by atoms with E-state index in [1.54, 1.807) is 5.57 Å². The first-order valence-corrected chi connectivity index (χ1v) is 16.5. The molecule has 0 radical (unpaired) electrons. The predicted molar refractivity (Wildman–Crippen MR) is 192 cm³/mol. The number of nitrogens with zero attached hydrogens (tertiary/aromatic N) is 1. The maximum Gasteiger partial charge on any atom is 0.136 e. The molecule has 0 atom stereocenters. The molecule has 2 aromatic heterocycles. The third kappa shape index (κ3) is 3.47. The number of hydrogen-bond acceptors (Lipinski definition) is 1. The molecular formula is C44H33NO. The standard InChI is InChI=1S/C44H33NO/c1-44(2)37-17-8-6-15-31(37)33-23-24-34-35-26-40-36(32-16-7-9-18-39(32)46-40)25-38(35)45(43(34)42(33)44)30-21-19-29(20-22-30)41(28-13-10-14-28)27-11-4-3-5-12-27/h3-9,11-12,15-26H,10,13-14H2,1-2H3. The van der Waals surface area contributed by atoms with Gasteiger partial charge in [0.15, 0.2) is 0 Å². The maximum atomic E-state index is 6.42. The Labute approximate surface area is 268 Å². The summed E-state index contributed by atoms with van der Waals surface area (Å²) in [5.74, 6) is 0. The van der Waals surface area contributed by atoms with Crippen LogP contribution in [-0.4, -0.2) is 4.57 Å². The molecule has 2 nitrogen and oxygen atoms in total. The van der Waals surface area contributed by atoms with Gasteiger partial charge in [-0.15, -0.1) is 0 Å². The van der Waals surface area contributed by atoms with Crippen LogP contribution in [0.5, 0.6) is 0 Å². The van der Waals surface area contributed by atoms with Crippen LogP contribution in [0.15, 0.2) is 137 Å². The van der Waals surface area contributed by atoms with Gasteiger partial charge in [0.2, 0.25) is 0 Å². The van der Waals surface area contributed by atoms with Crippen LogP contribution in [0.3, 0.4) is 0 Å². The summed E-state index contributed by atoms with van der Waals surface area (Å²) < 4.78 is 8.95. The van der Waals surface area contributed by atoms with E-state index < -0.39 is 0 Å². The van der Waals surface area contributed by atoms with Crippen LogP contribution in [0.4, 0.5) is 0 Å². The zero-order chi connectivity index (χ0) is 30.6. The lowest BCUT2D eigenvalue weighted by Crippen LogP contribution is -2.16. The van der Waals surface area contributed by atoms with E-state index >= 15 is 0 Å². The van der Waals surface area contributed by atoms with Crippen LogP contribution >= 0.6 is 0 Å². The molecule has 0 aliphatic heterocycles. The highest BCUT2D eigenvalue weighted by atomic mass is 16.3. The largest absolute Gasteiger partial charge is 0.456 e. The van der Waals surface area contributed by atoms with E-state index in [4.69, 9.17) is 4.42 Å². The van der Waals surface area contributed by atoms with Gasteiger partial charge in [-0.3, -0.25) is 0 Å². The third-order valence-electron chi connectivity index (χ3n) is 10.7. The fourth-order valence-electron chi connectivity index (χ4n) is 8.41. The smallest absolute Gasteiger partial charge is 0.136 e. The van der Waals surface area contributed by atoms with Gasteiger partial charge < -0.3 is 8.98 Å². The molecular weight excluding hydrogens is 558 g/mol. The van der Waals surface area contributed by atoms with Crippen LogP contribution in [0.2, 0.25) is 0 Å². The molecule has 0 saturated heterocycles. The van der Waals surface area contributed by atoms with Crippen LogP contribution in [-0.2, 0) is 5.41 Å². The van der Waals surface area contributed by atoms with Crippen molar-refractivity contribution in [2.75, 3.05) is 0 Å². The summed E-state index contributed by atoms with van der Waals surface area (Å²) in [6.45, 7) is 4.77. The Hall–Kier alpha value is -5.34. The monoisotopic (exact) mass is 591 g/mol. The number of rotatable bonds is 3. The quantitative estimate of drug-likeness (QED) is 0.200. The Morgan fingerprint density at radius 2 is 1.35 bits per heavy atom. The Balaban J connectivity index is 1.28. The summed E-state index contributed by atoms with van der Waals surface area (Å²) >= 11 is 0. The molecule has 0 amide bonds. The lowest BCUT2D eigenvalue weighted by molar-refractivity contribution is 0.664. The number of para-hydroxylation sites is 1. The van der Waals surface area contributed by atoms with E-state index in [0.717, 1.165) is 21.9 Å². The topological polar surface area (TPSA) is 18.1 Å². The summed E-state index contributed by atoms with van der Waals surface area (Å²) in [5.41, 5.74) is 16.5. The number of furan rings is 1. The van der Waals surface area contributed by atoms with Crippen molar-refractivity contribution in [2.24, 2.45) is 0 Å². The molecule has 10 rings (SSSR count). The predicted octanol–water partition coefficient (Wildman–Crippen LogP) is 12.0. The van der Waals surface area contributed by atoms with Crippen molar-refractivity contribution in [3.05, 3.63) is 155 Å². The Morgan fingerprint density at radius 3 is 2.15 bits per heavy atom. The van der Waals surface area contributed by atoms with Crippen LogP contribution in [0.1, 0.15) is 55.4 Å². The minimum Gasteiger partial charge on any atom is -0.456 e. The molecule has 2 heteroatoms.